The zero-order chi connectivity index (χ0) is 11.5. The molecule has 2 aromatic rings. The topological polar surface area (TPSA) is 55.0 Å². The molecule has 0 spiro atoms. The Morgan fingerprint density at radius 3 is 3.00 bits per heavy atom. The lowest BCUT2D eigenvalue weighted by molar-refractivity contribution is 0.316. The number of nitrogens with one attached hydrogen (secondary N) is 1. The number of aryl methyl sites for hydroxylation is 1. The Kier molecular flexibility index (Phi) is 2.90. The van der Waals surface area contributed by atoms with E-state index < -0.39 is 0 Å². The number of aromatic amines is 1. The minimum Gasteiger partial charge on any atom is -0.493 e. The summed E-state index contributed by atoms with van der Waals surface area (Å²) in [7, 11) is 0. The molecule has 1 aromatic heterocycles. The van der Waals surface area contributed by atoms with E-state index in [1.54, 1.807) is 6.07 Å². The van der Waals surface area contributed by atoms with Gasteiger partial charge in [0.1, 0.15) is 5.75 Å². The minimum atomic E-state index is -0.133. The second kappa shape index (κ2) is 4.35. The second-order valence-electron chi connectivity index (χ2n) is 3.71. The average molecular weight is 218 g/mol. The molecule has 0 atom stereocenters. The molecule has 0 aliphatic carbocycles. The number of ether oxygens (including phenoxy) is 1. The van der Waals surface area contributed by atoms with Gasteiger partial charge in [-0.05, 0) is 31.0 Å². The maximum atomic E-state index is 11.6. The van der Waals surface area contributed by atoms with Crippen LogP contribution in [0.3, 0.4) is 0 Å². The van der Waals surface area contributed by atoms with E-state index in [9.17, 15) is 4.79 Å². The highest BCUT2D eigenvalue weighted by Crippen LogP contribution is 2.22. The van der Waals surface area contributed by atoms with Gasteiger partial charge in [0.15, 0.2) is 0 Å². The van der Waals surface area contributed by atoms with Crippen LogP contribution in [0.25, 0.3) is 10.9 Å². The lowest BCUT2D eigenvalue weighted by Crippen LogP contribution is -2.07. The number of H-pyrrole nitrogens is 1. The average Bonchev–Trinajstić information content (AvgIpc) is 2.27. The molecule has 0 aliphatic rings. The molecule has 1 heterocycles. The van der Waals surface area contributed by atoms with Gasteiger partial charge in [-0.1, -0.05) is 6.92 Å². The Balaban J connectivity index is 2.55. The summed E-state index contributed by atoms with van der Waals surface area (Å²) in [5.41, 5.74) is 1.57. The molecule has 4 nitrogen and oxygen atoms in total. The zero-order valence-electron chi connectivity index (χ0n) is 9.41. The van der Waals surface area contributed by atoms with Crippen LogP contribution in [0.2, 0.25) is 0 Å². The summed E-state index contributed by atoms with van der Waals surface area (Å²) in [5, 5.41) is 0.569. The fraction of sp³-hybridized carbons (Fsp3) is 0.333. The van der Waals surface area contributed by atoms with Gasteiger partial charge in [0.05, 0.1) is 23.8 Å². The van der Waals surface area contributed by atoms with Crippen molar-refractivity contribution in [2.24, 2.45) is 0 Å². The summed E-state index contributed by atoms with van der Waals surface area (Å²) in [4.78, 5) is 18.2. The number of rotatable bonds is 3. The lowest BCUT2D eigenvalue weighted by Gasteiger charge is -2.08. The van der Waals surface area contributed by atoms with E-state index in [0.717, 1.165) is 17.7 Å². The third kappa shape index (κ3) is 1.91. The largest absolute Gasteiger partial charge is 0.493 e. The quantitative estimate of drug-likeness (QED) is 0.857. The number of aromatic nitrogens is 2. The zero-order valence-corrected chi connectivity index (χ0v) is 9.41. The van der Waals surface area contributed by atoms with Crippen molar-refractivity contribution in [2.75, 3.05) is 6.61 Å². The fourth-order valence-corrected chi connectivity index (χ4v) is 1.57. The van der Waals surface area contributed by atoms with Gasteiger partial charge < -0.3 is 9.72 Å². The predicted octanol–water partition coefficient (Wildman–Crippen LogP) is 2.02. The van der Waals surface area contributed by atoms with Gasteiger partial charge >= 0.3 is 0 Å². The van der Waals surface area contributed by atoms with Crippen LogP contribution in [0.1, 0.15) is 18.9 Å². The molecule has 16 heavy (non-hydrogen) atoms. The number of fused-ring (bicyclic) bond motifs is 1. The molecule has 0 bridgehead atoms. The standard InChI is InChI=1S/C12H14N2O2/c1-3-4-16-11-6-9-10(5-8(11)2)13-7-14-12(9)15/h5-7H,3-4H2,1-2H3,(H,13,14,15). The summed E-state index contributed by atoms with van der Waals surface area (Å²) in [6.45, 7) is 4.66. The Hall–Kier alpha value is -1.84. The van der Waals surface area contributed by atoms with Crippen molar-refractivity contribution in [3.63, 3.8) is 0 Å². The van der Waals surface area contributed by atoms with E-state index in [0.29, 0.717) is 17.5 Å². The summed E-state index contributed by atoms with van der Waals surface area (Å²) >= 11 is 0. The predicted molar refractivity (Wildman–Crippen MR) is 62.9 cm³/mol. The Labute approximate surface area is 93.3 Å². The molecule has 4 heteroatoms. The lowest BCUT2D eigenvalue weighted by atomic mass is 10.1. The van der Waals surface area contributed by atoms with Crippen LogP contribution < -0.4 is 10.3 Å². The van der Waals surface area contributed by atoms with Gasteiger partial charge in [0.25, 0.3) is 5.56 Å². The molecule has 0 aliphatic heterocycles. The monoisotopic (exact) mass is 218 g/mol. The maximum absolute atomic E-state index is 11.6. The highest BCUT2D eigenvalue weighted by molar-refractivity contribution is 5.80. The molecule has 1 aromatic carbocycles. The van der Waals surface area contributed by atoms with Crippen molar-refractivity contribution >= 4 is 10.9 Å². The Morgan fingerprint density at radius 2 is 2.25 bits per heavy atom. The highest BCUT2D eigenvalue weighted by Gasteiger charge is 2.05. The molecule has 84 valence electrons. The molecule has 0 amide bonds. The SMILES string of the molecule is CCCOc1cc2c(=O)[nH]cnc2cc1C. The summed E-state index contributed by atoms with van der Waals surface area (Å²) in [5.74, 6) is 0.757. The number of benzene rings is 1. The van der Waals surface area contributed by atoms with Crippen molar-refractivity contribution in [3.05, 3.63) is 34.4 Å². The van der Waals surface area contributed by atoms with E-state index >= 15 is 0 Å². The van der Waals surface area contributed by atoms with Gasteiger partial charge in [0, 0.05) is 0 Å². The summed E-state index contributed by atoms with van der Waals surface area (Å²) in [6, 6.07) is 3.63. The van der Waals surface area contributed by atoms with Crippen molar-refractivity contribution in [3.8, 4) is 5.75 Å². The van der Waals surface area contributed by atoms with Crippen molar-refractivity contribution in [1.29, 1.82) is 0 Å². The molecule has 0 fully saturated rings. The van der Waals surface area contributed by atoms with Crippen molar-refractivity contribution in [2.45, 2.75) is 20.3 Å². The molecule has 0 saturated carbocycles. The number of hydrogen-bond donors (Lipinski definition) is 1. The number of nitrogens with zero attached hydrogens (tertiary/aromatic N) is 1. The normalized spacial score (nSPS) is 10.6. The first kappa shape index (κ1) is 10.7. The van der Waals surface area contributed by atoms with E-state index in [2.05, 4.69) is 9.97 Å². The molecule has 1 N–H and O–H groups in total. The molecular formula is C12H14N2O2. The summed E-state index contributed by atoms with van der Waals surface area (Å²) < 4.78 is 5.57. The smallest absolute Gasteiger partial charge is 0.258 e. The van der Waals surface area contributed by atoms with Crippen LogP contribution in [0.15, 0.2) is 23.3 Å². The van der Waals surface area contributed by atoms with Gasteiger partial charge in [-0.2, -0.15) is 0 Å². The van der Waals surface area contributed by atoms with E-state index in [1.165, 1.54) is 6.33 Å². The van der Waals surface area contributed by atoms with Crippen LogP contribution in [0.4, 0.5) is 0 Å². The Morgan fingerprint density at radius 1 is 1.44 bits per heavy atom. The summed E-state index contributed by atoms with van der Waals surface area (Å²) in [6.07, 6.45) is 2.36. The third-order valence-electron chi connectivity index (χ3n) is 2.40. The van der Waals surface area contributed by atoms with Gasteiger partial charge in [-0.3, -0.25) is 4.79 Å². The first-order chi connectivity index (χ1) is 7.72. The molecule has 0 unspecified atom stereocenters. The first-order valence-electron chi connectivity index (χ1n) is 5.33. The highest BCUT2D eigenvalue weighted by atomic mass is 16.5. The molecule has 2 rings (SSSR count). The minimum absolute atomic E-state index is 0.133. The van der Waals surface area contributed by atoms with Crippen LogP contribution in [0, 0.1) is 6.92 Å². The second-order valence-corrected chi connectivity index (χ2v) is 3.71. The van der Waals surface area contributed by atoms with Crippen molar-refractivity contribution < 1.29 is 4.74 Å². The van der Waals surface area contributed by atoms with Gasteiger partial charge in [-0.15, -0.1) is 0 Å². The van der Waals surface area contributed by atoms with Gasteiger partial charge in [-0.25, -0.2) is 4.98 Å². The third-order valence-corrected chi connectivity index (χ3v) is 2.40. The molecule has 0 radical (unpaired) electrons. The van der Waals surface area contributed by atoms with Crippen LogP contribution >= 0.6 is 0 Å². The number of hydrogen-bond acceptors (Lipinski definition) is 3. The van der Waals surface area contributed by atoms with Crippen LogP contribution in [0.5, 0.6) is 5.75 Å². The fourth-order valence-electron chi connectivity index (χ4n) is 1.57. The van der Waals surface area contributed by atoms with E-state index in [-0.39, 0.29) is 5.56 Å². The maximum Gasteiger partial charge on any atom is 0.258 e. The molecular weight excluding hydrogens is 204 g/mol. The van der Waals surface area contributed by atoms with Crippen LogP contribution in [-0.2, 0) is 0 Å². The van der Waals surface area contributed by atoms with Gasteiger partial charge in [0.2, 0.25) is 0 Å². The molecule has 0 saturated heterocycles. The van der Waals surface area contributed by atoms with E-state index in [1.807, 2.05) is 19.9 Å². The Bertz CT molecular complexity index is 560. The van der Waals surface area contributed by atoms with Crippen molar-refractivity contribution in [1.82, 2.24) is 9.97 Å². The van der Waals surface area contributed by atoms with Crippen LogP contribution in [-0.4, -0.2) is 16.6 Å². The first-order valence-corrected chi connectivity index (χ1v) is 5.33. The van der Waals surface area contributed by atoms with E-state index in [4.69, 9.17) is 4.74 Å².